The molecule has 0 amide bonds. The van der Waals surface area contributed by atoms with E-state index in [1.165, 1.54) is 0 Å². The molecule has 0 bridgehead atoms. The van der Waals surface area contributed by atoms with Gasteiger partial charge in [0, 0.05) is 5.69 Å². The Morgan fingerprint density at radius 3 is 1.88 bits per heavy atom. The molecule has 2 aromatic carbocycles. The highest BCUT2D eigenvalue weighted by atomic mass is 15.4. The molecule has 0 aliphatic carbocycles. The van der Waals surface area contributed by atoms with E-state index in [0.29, 0.717) is 11.5 Å². The number of nitrogens with one attached hydrogen (secondary N) is 2. The molecule has 2 N–H and O–H groups in total. The number of para-hydroxylation sites is 2. The molecule has 3 rings (SSSR count). The van der Waals surface area contributed by atoms with Crippen LogP contribution in [0.3, 0.4) is 0 Å². The number of hydrazone groups is 2. The molecule has 0 fully saturated rings. The molecule has 3 aromatic rings. The molecular weight excluding hydrogens is 324 g/mol. The van der Waals surface area contributed by atoms with Crippen LogP contribution in [0, 0.1) is 13.8 Å². The molecule has 0 unspecified atom stereocenters. The molecule has 1 aromatic heterocycles. The van der Waals surface area contributed by atoms with Crippen molar-refractivity contribution in [3.05, 3.63) is 78.1 Å². The van der Waals surface area contributed by atoms with Crippen molar-refractivity contribution < 1.29 is 0 Å². The second-order valence-electron chi connectivity index (χ2n) is 5.93. The Morgan fingerprint density at radius 1 is 0.846 bits per heavy atom. The number of benzene rings is 2. The van der Waals surface area contributed by atoms with E-state index in [2.05, 4.69) is 26.2 Å². The van der Waals surface area contributed by atoms with Gasteiger partial charge in [0.15, 0.2) is 5.84 Å². The minimum atomic E-state index is 0.628. The van der Waals surface area contributed by atoms with Crippen molar-refractivity contribution in [3.63, 3.8) is 0 Å². The summed E-state index contributed by atoms with van der Waals surface area (Å²) in [6, 6.07) is 21.6. The second kappa shape index (κ2) is 8.11. The minimum Gasteiger partial charge on any atom is -0.278 e. The zero-order valence-electron chi connectivity index (χ0n) is 15.1. The first-order valence-corrected chi connectivity index (χ1v) is 8.41. The fourth-order valence-electron chi connectivity index (χ4n) is 2.47. The third-order valence-electron chi connectivity index (χ3n) is 3.73. The molecule has 0 aliphatic heterocycles. The van der Waals surface area contributed by atoms with Crippen molar-refractivity contribution in [2.24, 2.45) is 10.2 Å². The molecule has 0 saturated carbocycles. The average Bonchev–Trinajstić information content (AvgIpc) is 3.00. The number of hydrogen-bond acceptors (Lipinski definition) is 5. The first-order valence-electron chi connectivity index (χ1n) is 8.41. The van der Waals surface area contributed by atoms with E-state index < -0.39 is 0 Å². The van der Waals surface area contributed by atoms with Gasteiger partial charge in [0.1, 0.15) is 5.71 Å². The number of hydrogen-bond donors (Lipinski definition) is 2. The van der Waals surface area contributed by atoms with Crippen LogP contribution in [0.1, 0.15) is 18.3 Å². The number of aromatic nitrogens is 2. The lowest BCUT2D eigenvalue weighted by molar-refractivity contribution is 0.884. The lowest BCUT2D eigenvalue weighted by Crippen LogP contribution is -2.25. The third kappa shape index (κ3) is 4.36. The van der Waals surface area contributed by atoms with E-state index >= 15 is 0 Å². The van der Waals surface area contributed by atoms with Gasteiger partial charge in [-0.25, -0.2) is 4.68 Å². The number of rotatable bonds is 5. The molecule has 6 heteroatoms. The van der Waals surface area contributed by atoms with E-state index in [-0.39, 0.29) is 0 Å². The van der Waals surface area contributed by atoms with Gasteiger partial charge >= 0.3 is 0 Å². The fourth-order valence-corrected chi connectivity index (χ4v) is 2.47. The van der Waals surface area contributed by atoms with E-state index in [1.807, 2.05) is 87.5 Å². The number of aryl methyl sites for hydroxylation is 2. The maximum absolute atomic E-state index is 4.55. The van der Waals surface area contributed by atoms with Crippen molar-refractivity contribution in [2.45, 2.75) is 20.8 Å². The molecule has 0 saturated heterocycles. The summed E-state index contributed by atoms with van der Waals surface area (Å²) < 4.78 is 1.79. The molecule has 0 radical (unpaired) electrons. The molecule has 0 aliphatic rings. The van der Waals surface area contributed by atoms with E-state index in [4.69, 9.17) is 0 Å². The summed E-state index contributed by atoms with van der Waals surface area (Å²) in [6.45, 7) is 5.86. The van der Waals surface area contributed by atoms with Crippen molar-refractivity contribution in [1.29, 1.82) is 0 Å². The van der Waals surface area contributed by atoms with Gasteiger partial charge in [0.05, 0.1) is 17.1 Å². The Hall–Kier alpha value is -3.41. The molecule has 0 spiro atoms. The van der Waals surface area contributed by atoms with Gasteiger partial charge in [-0.05, 0) is 51.1 Å². The highest BCUT2D eigenvalue weighted by Gasteiger charge is 2.12. The topological polar surface area (TPSA) is 66.6 Å². The van der Waals surface area contributed by atoms with Crippen LogP contribution in [-0.4, -0.2) is 21.3 Å². The second-order valence-corrected chi connectivity index (χ2v) is 5.93. The van der Waals surface area contributed by atoms with Crippen molar-refractivity contribution in [2.75, 3.05) is 10.9 Å². The Morgan fingerprint density at radius 2 is 1.38 bits per heavy atom. The Labute approximate surface area is 153 Å². The lowest BCUT2D eigenvalue weighted by atomic mass is 10.3. The predicted octanol–water partition coefficient (Wildman–Crippen LogP) is 4.26. The summed E-state index contributed by atoms with van der Waals surface area (Å²) in [4.78, 5) is 0. The van der Waals surface area contributed by atoms with Gasteiger partial charge in [0.2, 0.25) is 0 Å². The van der Waals surface area contributed by atoms with Crippen LogP contribution in [0.25, 0.3) is 0 Å². The fraction of sp³-hybridized carbons (Fsp3) is 0.150. The summed E-state index contributed by atoms with van der Waals surface area (Å²) in [6.07, 6.45) is 0. The monoisotopic (exact) mass is 346 g/mol. The van der Waals surface area contributed by atoms with E-state index in [1.54, 1.807) is 4.68 Å². The summed E-state index contributed by atoms with van der Waals surface area (Å²) in [5, 5.41) is 13.6. The standard InChI is InChI=1S/C20H22N6/c1-15-14-16(2)26(25-15)20(24-23-19-12-8-5-9-13-19)17(3)21-22-18-10-6-4-7-11-18/h4-14,22-23H,1-3H3/b21-17+,24-20+. The quantitative estimate of drug-likeness (QED) is 0.412. The first kappa shape index (κ1) is 17.4. The predicted molar refractivity (Wildman–Crippen MR) is 108 cm³/mol. The highest BCUT2D eigenvalue weighted by Crippen LogP contribution is 2.09. The van der Waals surface area contributed by atoms with Gasteiger partial charge in [-0.3, -0.25) is 10.9 Å². The van der Waals surface area contributed by atoms with Crippen LogP contribution in [0.4, 0.5) is 11.4 Å². The molecule has 132 valence electrons. The molecule has 26 heavy (non-hydrogen) atoms. The Kier molecular flexibility index (Phi) is 5.43. The lowest BCUT2D eigenvalue weighted by Gasteiger charge is -2.10. The first-order chi connectivity index (χ1) is 12.6. The summed E-state index contributed by atoms with van der Waals surface area (Å²) in [5.74, 6) is 0.628. The molecule has 6 nitrogen and oxygen atoms in total. The van der Waals surface area contributed by atoms with Crippen LogP contribution in [0.2, 0.25) is 0 Å². The number of anilines is 2. The van der Waals surface area contributed by atoms with Crippen LogP contribution in [-0.2, 0) is 0 Å². The molecule has 1 heterocycles. The van der Waals surface area contributed by atoms with Crippen LogP contribution < -0.4 is 10.9 Å². The van der Waals surface area contributed by atoms with Crippen molar-refractivity contribution >= 4 is 22.9 Å². The van der Waals surface area contributed by atoms with Gasteiger partial charge < -0.3 is 0 Å². The van der Waals surface area contributed by atoms with Crippen molar-refractivity contribution in [3.8, 4) is 0 Å². The molecular formula is C20H22N6. The number of nitrogens with zero attached hydrogens (tertiary/aromatic N) is 4. The van der Waals surface area contributed by atoms with Crippen molar-refractivity contribution in [1.82, 2.24) is 9.78 Å². The Bertz CT molecular complexity index is 910. The van der Waals surface area contributed by atoms with Crippen LogP contribution >= 0.6 is 0 Å². The van der Waals surface area contributed by atoms with Gasteiger partial charge in [-0.2, -0.15) is 15.3 Å². The summed E-state index contributed by atoms with van der Waals surface area (Å²) in [5.41, 5.74) is 10.6. The third-order valence-corrected chi connectivity index (χ3v) is 3.73. The Balaban J connectivity index is 1.90. The maximum atomic E-state index is 4.55. The van der Waals surface area contributed by atoms with Gasteiger partial charge in [0.25, 0.3) is 0 Å². The van der Waals surface area contributed by atoms with Gasteiger partial charge in [-0.1, -0.05) is 36.4 Å². The zero-order valence-corrected chi connectivity index (χ0v) is 15.1. The van der Waals surface area contributed by atoms with Gasteiger partial charge in [-0.15, -0.1) is 0 Å². The van der Waals surface area contributed by atoms with Crippen LogP contribution in [0.5, 0.6) is 0 Å². The highest BCUT2D eigenvalue weighted by molar-refractivity contribution is 6.41. The average molecular weight is 346 g/mol. The normalized spacial score (nSPS) is 12.1. The molecule has 0 atom stereocenters. The van der Waals surface area contributed by atoms with E-state index in [0.717, 1.165) is 22.8 Å². The maximum Gasteiger partial charge on any atom is 0.196 e. The van der Waals surface area contributed by atoms with E-state index in [9.17, 15) is 0 Å². The largest absolute Gasteiger partial charge is 0.278 e. The summed E-state index contributed by atoms with van der Waals surface area (Å²) in [7, 11) is 0. The summed E-state index contributed by atoms with van der Waals surface area (Å²) >= 11 is 0. The van der Waals surface area contributed by atoms with Crippen LogP contribution in [0.15, 0.2) is 76.9 Å². The smallest absolute Gasteiger partial charge is 0.196 e. The zero-order chi connectivity index (χ0) is 18.4. The SMILES string of the molecule is CC(=N\Nc1ccccc1)/C(=N\Nc1ccccc1)n1nc(C)cc1C. The minimum absolute atomic E-state index is 0.628.